The van der Waals surface area contributed by atoms with Crippen molar-refractivity contribution >= 4 is 55.0 Å². The Hall–Kier alpha value is -2.04. The summed E-state index contributed by atoms with van der Waals surface area (Å²) in [7, 11) is 0.341. The van der Waals surface area contributed by atoms with E-state index in [0.29, 0.717) is 30.3 Å². The van der Waals surface area contributed by atoms with Crippen molar-refractivity contribution in [1.29, 1.82) is 0 Å². The van der Waals surface area contributed by atoms with Crippen molar-refractivity contribution in [3.63, 3.8) is 0 Å². The van der Waals surface area contributed by atoms with Crippen molar-refractivity contribution in [2.24, 2.45) is 0 Å². The first-order valence-electron chi connectivity index (χ1n) is 11.8. The van der Waals surface area contributed by atoms with Gasteiger partial charge in [-0.3, -0.25) is 9.69 Å². The van der Waals surface area contributed by atoms with Crippen LogP contribution < -0.4 is 4.90 Å². The number of likely N-dealkylation sites (N-methyl/N-ethyl adjacent to an activating group) is 1. The Kier molecular flexibility index (Phi) is 9.28. The molecule has 0 bridgehead atoms. The van der Waals surface area contributed by atoms with E-state index < -0.39 is 10.0 Å². The van der Waals surface area contributed by atoms with Crippen molar-refractivity contribution in [2.75, 3.05) is 38.6 Å². The van der Waals surface area contributed by atoms with Gasteiger partial charge in [0.2, 0.25) is 10.0 Å². The van der Waals surface area contributed by atoms with E-state index in [-0.39, 0.29) is 29.3 Å². The summed E-state index contributed by atoms with van der Waals surface area (Å²) < 4.78 is 29.2. The van der Waals surface area contributed by atoms with E-state index in [0.717, 1.165) is 35.9 Å². The second kappa shape index (κ2) is 11.8. The number of nitrogens with zero attached hydrogens (tertiary/aromatic N) is 4. The third-order valence-corrected chi connectivity index (χ3v) is 9.31. The van der Waals surface area contributed by atoms with Crippen LogP contribution in [0.2, 0.25) is 0 Å². The number of hydrogen-bond donors (Lipinski definition) is 0. The number of carbonyl (C=O) groups is 1. The van der Waals surface area contributed by atoms with E-state index in [4.69, 9.17) is 0 Å². The number of thiazole rings is 1. The van der Waals surface area contributed by atoms with E-state index in [9.17, 15) is 13.2 Å². The highest BCUT2D eigenvalue weighted by Crippen LogP contribution is 2.30. The van der Waals surface area contributed by atoms with Gasteiger partial charge in [-0.1, -0.05) is 36.8 Å². The van der Waals surface area contributed by atoms with Crippen LogP contribution in [0.25, 0.3) is 10.2 Å². The molecule has 1 aliphatic rings. The van der Waals surface area contributed by atoms with Crippen LogP contribution in [0.15, 0.2) is 53.4 Å². The molecular formula is C25H33ClN4O3S2. The summed E-state index contributed by atoms with van der Waals surface area (Å²) in [6.45, 7) is 3.75. The van der Waals surface area contributed by atoms with Crippen molar-refractivity contribution < 1.29 is 13.2 Å². The lowest BCUT2D eigenvalue weighted by Crippen LogP contribution is -2.43. The van der Waals surface area contributed by atoms with Crippen molar-refractivity contribution in [3.8, 4) is 0 Å². The number of piperidine rings is 1. The molecule has 1 fully saturated rings. The Bertz CT molecular complexity index is 1210. The third-order valence-electron chi connectivity index (χ3n) is 6.28. The fourth-order valence-corrected chi connectivity index (χ4v) is 7.08. The smallest absolute Gasteiger partial charge is 0.260 e. The number of anilines is 1. The molecule has 3 aromatic rings. The lowest BCUT2D eigenvalue weighted by molar-refractivity contribution is 0.0985. The number of hydrogen-bond acceptors (Lipinski definition) is 6. The van der Waals surface area contributed by atoms with Crippen molar-refractivity contribution in [2.45, 2.75) is 43.5 Å². The van der Waals surface area contributed by atoms with Crippen LogP contribution in [0.4, 0.5) is 5.13 Å². The summed E-state index contributed by atoms with van der Waals surface area (Å²) in [5.74, 6) is -0.186. The highest BCUT2D eigenvalue weighted by atomic mass is 35.5. The van der Waals surface area contributed by atoms with Gasteiger partial charge in [-0.25, -0.2) is 13.4 Å². The fourth-order valence-electron chi connectivity index (χ4n) is 4.32. The van der Waals surface area contributed by atoms with E-state index in [2.05, 4.69) is 4.98 Å². The predicted octanol–water partition coefficient (Wildman–Crippen LogP) is 4.88. The van der Waals surface area contributed by atoms with Gasteiger partial charge in [0.05, 0.1) is 15.1 Å². The molecule has 190 valence electrons. The molecule has 0 saturated carbocycles. The van der Waals surface area contributed by atoms with Crippen LogP contribution in [0.5, 0.6) is 0 Å². The number of rotatable bonds is 8. The molecule has 10 heteroatoms. The minimum atomic E-state index is -3.59. The number of sulfonamides is 1. The molecule has 35 heavy (non-hydrogen) atoms. The summed E-state index contributed by atoms with van der Waals surface area (Å²) in [6, 6.07) is 14.2. The maximum absolute atomic E-state index is 13.5. The van der Waals surface area contributed by atoms with Crippen LogP contribution in [-0.4, -0.2) is 68.3 Å². The largest absolute Gasteiger partial charge is 0.308 e. The van der Waals surface area contributed by atoms with Crippen LogP contribution in [0.3, 0.4) is 0 Å². The van der Waals surface area contributed by atoms with Gasteiger partial charge in [0, 0.05) is 31.2 Å². The molecule has 1 saturated heterocycles. The molecule has 2 aromatic carbocycles. The lowest BCUT2D eigenvalue weighted by atomic mass is 10.0. The normalized spacial score (nSPS) is 16.9. The van der Waals surface area contributed by atoms with E-state index in [1.54, 1.807) is 33.5 Å². The SMILES string of the molecule is CCC1CCCCN1S(=O)(=O)c1ccc(C(=O)N(CCN(C)C)c2nc3ccccc3s2)cc1.Cl. The van der Waals surface area contributed by atoms with Gasteiger partial charge in [-0.15, -0.1) is 12.4 Å². The monoisotopic (exact) mass is 536 g/mol. The maximum Gasteiger partial charge on any atom is 0.260 e. The zero-order valence-corrected chi connectivity index (χ0v) is 22.8. The minimum Gasteiger partial charge on any atom is -0.308 e. The summed E-state index contributed by atoms with van der Waals surface area (Å²) in [5, 5.41) is 0.642. The molecule has 7 nitrogen and oxygen atoms in total. The van der Waals surface area contributed by atoms with E-state index in [1.807, 2.05) is 50.2 Å². The molecule has 4 rings (SSSR count). The molecule has 0 aliphatic carbocycles. The molecule has 0 radical (unpaired) electrons. The second-order valence-electron chi connectivity index (χ2n) is 8.92. The van der Waals surface area contributed by atoms with Gasteiger partial charge in [0.25, 0.3) is 5.91 Å². The van der Waals surface area contributed by atoms with Gasteiger partial charge in [-0.2, -0.15) is 4.31 Å². The fraction of sp³-hybridized carbons (Fsp3) is 0.440. The Morgan fingerprint density at radius 1 is 1.09 bits per heavy atom. The predicted molar refractivity (Wildman–Crippen MR) is 145 cm³/mol. The van der Waals surface area contributed by atoms with E-state index >= 15 is 0 Å². The highest BCUT2D eigenvalue weighted by Gasteiger charge is 2.32. The van der Waals surface area contributed by atoms with Crippen LogP contribution >= 0.6 is 23.7 Å². The summed E-state index contributed by atoms with van der Waals surface area (Å²) in [4.78, 5) is 22.1. The number of amides is 1. The molecule has 1 aliphatic heterocycles. The number of halogens is 1. The molecule has 1 atom stereocenters. The van der Waals surface area contributed by atoms with E-state index in [1.165, 1.54) is 11.3 Å². The number of benzene rings is 2. The lowest BCUT2D eigenvalue weighted by Gasteiger charge is -2.34. The molecule has 1 unspecified atom stereocenters. The van der Waals surface area contributed by atoms with Crippen LogP contribution in [0.1, 0.15) is 43.0 Å². The molecule has 1 amide bonds. The first-order valence-corrected chi connectivity index (χ1v) is 14.0. The molecule has 1 aromatic heterocycles. The van der Waals surface area contributed by atoms with Gasteiger partial charge >= 0.3 is 0 Å². The zero-order valence-electron chi connectivity index (χ0n) is 20.4. The molecule has 2 heterocycles. The summed E-state index contributed by atoms with van der Waals surface area (Å²) >= 11 is 1.48. The topological polar surface area (TPSA) is 73.8 Å². The van der Waals surface area contributed by atoms with Gasteiger partial charge in [-0.05, 0) is 69.8 Å². The quantitative estimate of drug-likeness (QED) is 0.410. The summed E-state index contributed by atoms with van der Waals surface area (Å²) in [6.07, 6.45) is 3.65. The molecule has 0 spiro atoms. The summed E-state index contributed by atoms with van der Waals surface area (Å²) in [5.41, 5.74) is 1.31. The number of para-hydroxylation sites is 1. The van der Waals surface area contributed by atoms with Crippen molar-refractivity contribution in [1.82, 2.24) is 14.2 Å². The van der Waals surface area contributed by atoms with Gasteiger partial charge in [0.1, 0.15) is 0 Å². The average Bonchev–Trinajstić information content (AvgIpc) is 3.27. The van der Waals surface area contributed by atoms with Gasteiger partial charge in [0.15, 0.2) is 5.13 Å². The Morgan fingerprint density at radius 3 is 2.46 bits per heavy atom. The Balaban J connectivity index is 0.00000342. The minimum absolute atomic E-state index is 0. The number of carbonyl (C=O) groups excluding carboxylic acids is 1. The first-order chi connectivity index (χ1) is 16.3. The average molecular weight is 537 g/mol. The zero-order chi connectivity index (χ0) is 24.3. The second-order valence-corrected chi connectivity index (χ2v) is 11.8. The van der Waals surface area contributed by atoms with Crippen molar-refractivity contribution in [3.05, 3.63) is 54.1 Å². The van der Waals surface area contributed by atoms with Crippen LogP contribution in [0, 0.1) is 0 Å². The maximum atomic E-state index is 13.5. The Morgan fingerprint density at radius 2 is 1.80 bits per heavy atom. The number of aromatic nitrogens is 1. The number of fused-ring (bicyclic) bond motifs is 1. The van der Waals surface area contributed by atoms with Gasteiger partial charge < -0.3 is 4.90 Å². The molecular weight excluding hydrogens is 504 g/mol. The highest BCUT2D eigenvalue weighted by molar-refractivity contribution is 7.89. The standard InChI is InChI=1S/C25H32N4O3S2.ClH/c1-4-20-9-7-8-16-29(20)34(31,32)21-14-12-19(13-15-21)24(30)28(18-17-27(2)3)25-26-22-10-5-6-11-23(22)33-25;/h5-6,10-15,20H,4,7-9,16-18H2,1-3H3;1H. The van der Waals surface area contributed by atoms with Crippen LogP contribution in [-0.2, 0) is 10.0 Å². The Labute approximate surface area is 218 Å². The first kappa shape index (κ1) is 27.5. The third kappa shape index (κ3) is 6.03. The molecule has 0 N–H and O–H groups in total.